The minimum atomic E-state index is 0.736. The topological polar surface area (TPSA) is 42.1 Å². The van der Waals surface area contributed by atoms with Crippen LogP contribution >= 0.6 is 23.6 Å². The molecule has 0 amide bonds. The SMILES string of the molecule is CCn1c(-c2cccs2)nn(CN2CCN(c3ccccn3)CC2)c1=S. The van der Waals surface area contributed by atoms with Gasteiger partial charge < -0.3 is 4.90 Å². The highest BCUT2D eigenvalue weighted by Crippen LogP contribution is 2.24. The second-order valence-corrected chi connectivity index (χ2v) is 7.57. The van der Waals surface area contributed by atoms with Crippen molar-refractivity contribution in [2.45, 2.75) is 20.1 Å². The third-order valence-corrected chi connectivity index (χ3v) is 5.96. The van der Waals surface area contributed by atoms with Crippen molar-refractivity contribution in [3.63, 3.8) is 0 Å². The molecule has 3 aromatic rings. The molecule has 1 saturated heterocycles. The lowest BCUT2D eigenvalue weighted by Gasteiger charge is -2.35. The number of thiophene rings is 1. The zero-order valence-corrected chi connectivity index (χ0v) is 16.4. The molecule has 0 aliphatic carbocycles. The number of hydrogen-bond donors (Lipinski definition) is 0. The second kappa shape index (κ2) is 7.69. The number of aromatic nitrogens is 4. The fraction of sp³-hybridized carbons (Fsp3) is 0.389. The Bertz CT molecular complexity index is 892. The summed E-state index contributed by atoms with van der Waals surface area (Å²) < 4.78 is 4.87. The van der Waals surface area contributed by atoms with Crippen LogP contribution < -0.4 is 4.90 Å². The summed E-state index contributed by atoms with van der Waals surface area (Å²) >= 11 is 7.38. The standard InChI is InChI=1S/C18H22N6S2/c1-2-23-17(15-6-5-13-26-15)20-24(18(23)25)14-21-9-11-22(12-10-21)16-7-3-4-8-19-16/h3-8,13H,2,9-12,14H2,1H3. The van der Waals surface area contributed by atoms with Gasteiger partial charge in [0.15, 0.2) is 10.6 Å². The molecule has 0 spiro atoms. The summed E-state index contributed by atoms with van der Waals surface area (Å²) in [6.07, 6.45) is 1.85. The first-order valence-corrected chi connectivity index (χ1v) is 10.1. The zero-order chi connectivity index (χ0) is 17.9. The molecule has 4 heterocycles. The van der Waals surface area contributed by atoms with Gasteiger partial charge in [0.05, 0.1) is 11.5 Å². The predicted octanol–water partition coefficient (Wildman–Crippen LogP) is 3.34. The van der Waals surface area contributed by atoms with E-state index in [2.05, 4.69) is 49.9 Å². The Labute approximate surface area is 162 Å². The molecule has 0 unspecified atom stereocenters. The van der Waals surface area contributed by atoms with E-state index in [0.717, 1.165) is 60.7 Å². The zero-order valence-electron chi connectivity index (χ0n) is 14.8. The largest absolute Gasteiger partial charge is 0.354 e. The minimum Gasteiger partial charge on any atom is -0.354 e. The molecule has 1 aliphatic rings. The fourth-order valence-electron chi connectivity index (χ4n) is 3.25. The van der Waals surface area contributed by atoms with E-state index in [1.165, 1.54) is 0 Å². The van der Waals surface area contributed by atoms with Gasteiger partial charge >= 0.3 is 0 Å². The first kappa shape index (κ1) is 17.4. The molecule has 0 aromatic carbocycles. The summed E-state index contributed by atoms with van der Waals surface area (Å²) in [5, 5.41) is 6.89. The van der Waals surface area contributed by atoms with E-state index < -0.39 is 0 Å². The van der Waals surface area contributed by atoms with Crippen LogP contribution in [0.2, 0.25) is 0 Å². The van der Waals surface area contributed by atoms with Crippen LogP contribution in [0.25, 0.3) is 10.7 Å². The molecule has 136 valence electrons. The molecule has 6 nitrogen and oxygen atoms in total. The number of nitrogens with zero attached hydrogens (tertiary/aromatic N) is 6. The lowest BCUT2D eigenvalue weighted by atomic mass is 10.3. The van der Waals surface area contributed by atoms with E-state index in [1.807, 2.05) is 23.0 Å². The Morgan fingerprint density at radius 1 is 1.12 bits per heavy atom. The highest BCUT2D eigenvalue weighted by molar-refractivity contribution is 7.71. The van der Waals surface area contributed by atoms with Gasteiger partial charge in [-0.25, -0.2) is 9.67 Å². The maximum Gasteiger partial charge on any atom is 0.199 e. The molecule has 1 fully saturated rings. The van der Waals surface area contributed by atoms with Crippen LogP contribution in [0, 0.1) is 4.77 Å². The molecular weight excluding hydrogens is 364 g/mol. The normalized spacial score (nSPS) is 15.5. The number of anilines is 1. The quantitative estimate of drug-likeness (QED) is 0.629. The van der Waals surface area contributed by atoms with Crippen LogP contribution in [0.3, 0.4) is 0 Å². The smallest absolute Gasteiger partial charge is 0.199 e. The van der Waals surface area contributed by atoms with Crippen molar-refractivity contribution in [3.8, 4) is 10.7 Å². The average Bonchev–Trinajstić information content (AvgIpc) is 3.32. The summed E-state index contributed by atoms with van der Waals surface area (Å²) in [5.74, 6) is 2.03. The van der Waals surface area contributed by atoms with Crippen molar-refractivity contribution in [2.75, 3.05) is 31.1 Å². The maximum absolute atomic E-state index is 5.68. The van der Waals surface area contributed by atoms with Crippen molar-refractivity contribution in [1.29, 1.82) is 0 Å². The Hall–Kier alpha value is -2.03. The molecule has 8 heteroatoms. The monoisotopic (exact) mass is 386 g/mol. The number of pyridine rings is 1. The van der Waals surface area contributed by atoms with E-state index in [1.54, 1.807) is 11.3 Å². The van der Waals surface area contributed by atoms with Gasteiger partial charge in [-0.3, -0.25) is 9.47 Å². The van der Waals surface area contributed by atoms with Crippen molar-refractivity contribution in [3.05, 3.63) is 46.7 Å². The van der Waals surface area contributed by atoms with E-state index in [9.17, 15) is 0 Å². The molecule has 1 aliphatic heterocycles. The van der Waals surface area contributed by atoms with Gasteiger partial charge in [-0.05, 0) is 42.7 Å². The van der Waals surface area contributed by atoms with Crippen LogP contribution in [-0.2, 0) is 13.2 Å². The summed E-state index contributed by atoms with van der Waals surface area (Å²) in [6.45, 7) is 7.58. The van der Waals surface area contributed by atoms with Crippen LogP contribution in [0.4, 0.5) is 5.82 Å². The summed E-state index contributed by atoms with van der Waals surface area (Å²) in [5.41, 5.74) is 0. The number of hydrogen-bond acceptors (Lipinski definition) is 6. The van der Waals surface area contributed by atoms with E-state index >= 15 is 0 Å². The number of piperazine rings is 1. The van der Waals surface area contributed by atoms with Crippen molar-refractivity contribution < 1.29 is 0 Å². The molecule has 0 bridgehead atoms. The Balaban J connectivity index is 1.46. The van der Waals surface area contributed by atoms with Crippen molar-refractivity contribution in [1.82, 2.24) is 24.2 Å². The second-order valence-electron chi connectivity index (χ2n) is 6.26. The van der Waals surface area contributed by atoms with Crippen molar-refractivity contribution >= 4 is 29.4 Å². The predicted molar refractivity (Wildman–Crippen MR) is 108 cm³/mol. The lowest BCUT2D eigenvalue weighted by molar-refractivity contribution is 0.194. The molecule has 0 radical (unpaired) electrons. The molecule has 4 rings (SSSR count). The molecular formula is C18H22N6S2. The Morgan fingerprint density at radius 3 is 2.62 bits per heavy atom. The van der Waals surface area contributed by atoms with E-state index in [4.69, 9.17) is 17.3 Å². The Morgan fingerprint density at radius 2 is 1.96 bits per heavy atom. The van der Waals surface area contributed by atoms with Gasteiger partial charge in [-0.15, -0.1) is 16.4 Å². The lowest BCUT2D eigenvalue weighted by Crippen LogP contribution is -2.47. The molecule has 3 aromatic heterocycles. The average molecular weight is 387 g/mol. The minimum absolute atomic E-state index is 0.736. The van der Waals surface area contributed by atoms with E-state index in [-0.39, 0.29) is 0 Å². The first-order chi connectivity index (χ1) is 12.8. The highest BCUT2D eigenvalue weighted by Gasteiger charge is 2.20. The van der Waals surface area contributed by atoms with Crippen LogP contribution in [0.5, 0.6) is 0 Å². The molecule has 0 atom stereocenters. The molecule has 0 saturated carbocycles. The third-order valence-electron chi connectivity index (χ3n) is 4.66. The van der Waals surface area contributed by atoms with Gasteiger partial charge in [0.2, 0.25) is 0 Å². The molecule has 0 N–H and O–H groups in total. The van der Waals surface area contributed by atoms with Gasteiger partial charge in [-0.1, -0.05) is 12.1 Å². The highest BCUT2D eigenvalue weighted by atomic mass is 32.1. The molecule has 26 heavy (non-hydrogen) atoms. The van der Waals surface area contributed by atoms with Crippen LogP contribution in [0.1, 0.15) is 6.92 Å². The summed E-state index contributed by atoms with van der Waals surface area (Å²) in [6, 6.07) is 10.2. The van der Waals surface area contributed by atoms with Crippen LogP contribution in [0.15, 0.2) is 41.9 Å². The first-order valence-electron chi connectivity index (χ1n) is 8.86. The van der Waals surface area contributed by atoms with Gasteiger partial charge in [0, 0.05) is 38.9 Å². The third kappa shape index (κ3) is 3.44. The Kier molecular flexibility index (Phi) is 5.14. The van der Waals surface area contributed by atoms with Crippen molar-refractivity contribution in [2.24, 2.45) is 0 Å². The summed E-state index contributed by atoms with van der Waals surface area (Å²) in [7, 11) is 0. The van der Waals surface area contributed by atoms with Gasteiger partial charge in [0.1, 0.15) is 5.82 Å². The fourth-order valence-corrected chi connectivity index (χ4v) is 4.29. The van der Waals surface area contributed by atoms with E-state index in [0.29, 0.717) is 0 Å². The number of rotatable bonds is 5. The van der Waals surface area contributed by atoms with Gasteiger partial charge in [0.25, 0.3) is 0 Å². The van der Waals surface area contributed by atoms with Crippen LogP contribution in [-0.4, -0.2) is 50.4 Å². The van der Waals surface area contributed by atoms with Gasteiger partial charge in [-0.2, -0.15) is 0 Å². The summed E-state index contributed by atoms with van der Waals surface area (Å²) in [4.78, 5) is 10.3. The maximum atomic E-state index is 5.68.